The van der Waals surface area contributed by atoms with Gasteiger partial charge in [-0.25, -0.2) is 13.2 Å². The largest absolute Gasteiger partial charge is 0.326 e. The van der Waals surface area contributed by atoms with Crippen LogP contribution in [0.15, 0.2) is 46.2 Å². The Morgan fingerprint density at radius 2 is 1.78 bits per heavy atom. The minimum atomic E-state index is -0.716. The van der Waals surface area contributed by atoms with Crippen LogP contribution in [-0.4, -0.2) is 0 Å². The smallest absolute Gasteiger partial charge is 0.140 e. The zero-order valence-electron chi connectivity index (χ0n) is 9.29. The summed E-state index contributed by atoms with van der Waals surface area (Å²) in [6, 6.07) is 7.68. The molecule has 5 heteroatoms. The lowest BCUT2D eigenvalue weighted by Crippen LogP contribution is -2.00. The second-order valence-corrected chi connectivity index (χ2v) is 4.66. The van der Waals surface area contributed by atoms with Crippen LogP contribution in [-0.2, 0) is 6.54 Å². The molecule has 1 nitrogen and oxygen atoms in total. The first kappa shape index (κ1) is 13.0. The molecule has 0 atom stereocenters. The van der Waals surface area contributed by atoms with Gasteiger partial charge >= 0.3 is 0 Å². The van der Waals surface area contributed by atoms with Crippen LogP contribution in [0.25, 0.3) is 0 Å². The van der Waals surface area contributed by atoms with Crippen molar-refractivity contribution >= 4 is 11.8 Å². The highest BCUT2D eigenvalue weighted by atomic mass is 32.2. The van der Waals surface area contributed by atoms with E-state index in [-0.39, 0.29) is 16.3 Å². The third-order valence-corrected chi connectivity index (χ3v) is 3.59. The summed E-state index contributed by atoms with van der Waals surface area (Å²) in [7, 11) is 0. The van der Waals surface area contributed by atoms with Crippen LogP contribution in [0.5, 0.6) is 0 Å². The van der Waals surface area contributed by atoms with Crippen LogP contribution < -0.4 is 5.73 Å². The molecular formula is C13H10F3NS. The van der Waals surface area contributed by atoms with Crippen molar-refractivity contribution in [1.29, 1.82) is 0 Å². The highest BCUT2D eigenvalue weighted by molar-refractivity contribution is 7.99. The van der Waals surface area contributed by atoms with Crippen LogP contribution in [0.1, 0.15) is 5.56 Å². The van der Waals surface area contributed by atoms with E-state index >= 15 is 0 Å². The zero-order valence-corrected chi connectivity index (χ0v) is 10.1. The van der Waals surface area contributed by atoms with E-state index in [9.17, 15) is 13.2 Å². The van der Waals surface area contributed by atoms with Gasteiger partial charge in [0.05, 0.1) is 4.90 Å². The predicted octanol–water partition coefficient (Wildman–Crippen LogP) is 3.71. The van der Waals surface area contributed by atoms with Crippen molar-refractivity contribution in [2.45, 2.75) is 16.3 Å². The van der Waals surface area contributed by atoms with E-state index in [2.05, 4.69) is 0 Å². The Morgan fingerprint density at radius 1 is 1.00 bits per heavy atom. The maximum Gasteiger partial charge on any atom is 0.140 e. The fourth-order valence-corrected chi connectivity index (χ4v) is 2.46. The van der Waals surface area contributed by atoms with E-state index in [1.807, 2.05) is 0 Å². The third-order valence-electron chi connectivity index (χ3n) is 2.37. The van der Waals surface area contributed by atoms with Crippen LogP contribution in [0, 0.1) is 17.5 Å². The molecule has 0 amide bonds. The number of halogens is 3. The van der Waals surface area contributed by atoms with E-state index in [1.165, 1.54) is 12.1 Å². The van der Waals surface area contributed by atoms with E-state index in [0.717, 1.165) is 23.9 Å². The molecule has 2 aromatic rings. The summed E-state index contributed by atoms with van der Waals surface area (Å²) in [6.45, 7) is 0.156. The first-order valence-corrected chi connectivity index (χ1v) is 6.04. The van der Waals surface area contributed by atoms with E-state index in [4.69, 9.17) is 5.73 Å². The van der Waals surface area contributed by atoms with Crippen molar-refractivity contribution in [3.63, 3.8) is 0 Å². The van der Waals surface area contributed by atoms with Crippen LogP contribution in [0.4, 0.5) is 13.2 Å². The van der Waals surface area contributed by atoms with Gasteiger partial charge in [-0.15, -0.1) is 0 Å². The van der Waals surface area contributed by atoms with Gasteiger partial charge in [0.15, 0.2) is 0 Å². The van der Waals surface area contributed by atoms with Crippen LogP contribution in [0.3, 0.4) is 0 Å². The average Bonchev–Trinajstić information content (AvgIpc) is 2.34. The summed E-state index contributed by atoms with van der Waals surface area (Å²) in [5.41, 5.74) is 6.09. The van der Waals surface area contributed by atoms with Crippen molar-refractivity contribution in [2.24, 2.45) is 5.73 Å². The van der Waals surface area contributed by atoms with E-state index in [0.29, 0.717) is 5.56 Å². The first-order valence-electron chi connectivity index (χ1n) is 5.22. The van der Waals surface area contributed by atoms with Crippen LogP contribution >= 0.6 is 11.8 Å². The molecule has 0 saturated heterocycles. The molecule has 0 aliphatic rings. The lowest BCUT2D eigenvalue weighted by atomic mass is 10.2. The molecule has 0 fully saturated rings. The summed E-state index contributed by atoms with van der Waals surface area (Å²) >= 11 is 0.904. The van der Waals surface area contributed by atoms with Gasteiger partial charge in [0.25, 0.3) is 0 Å². The Balaban J connectivity index is 2.39. The topological polar surface area (TPSA) is 26.0 Å². The SMILES string of the molecule is NCc1cccc(F)c1Sc1ccc(F)cc1F. The van der Waals surface area contributed by atoms with Gasteiger partial charge in [-0.2, -0.15) is 0 Å². The van der Waals surface area contributed by atoms with Crippen molar-refractivity contribution in [2.75, 3.05) is 0 Å². The Labute approximate surface area is 107 Å². The molecule has 2 aromatic carbocycles. The third kappa shape index (κ3) is 2.68. The molecule has 0 aliphatic heterocycles. The molecule has 0 unspecified atom stereocenters. The van der Waals surface area contributed by atoms with Crippen molar-refractivity contribution in [1.82, 2.24) is 0 Å². The molecule has 2 N–H and O–H groups in total. The standard InChI is InChI=1S/C13H10F3NS/c14-9-4-5-12(11(16)6-9)18-13-8(7-17)2-1-3-10(13)15/h1-6H,7,17H2. The summed E-state index contributed by atoms with van der Waals surface area (Å²) in [5, 5.41) is 0. The van der Waals surface area contributed by atoms with Gasteiger partial charge in [0.2, 0.25) is 0 Å². The molecular weight excluding hydrogens is 259 g/mol. The lowest BCUT2D eigenvalue weighted by Gasteiger charge is -2.09. The van der Waals surface area contributed by atoms with Gasteiger partial charge in [0.1, 0.15) is 17.5 Å². The Kier molecular flexibility index (Phi) is 3.93. The molecule has 18 heavy (non-hydrogen) atoms. The molecule has 0 aliphatic carbocycles. The molecule has 0 radical (unpaired) electrons. The Morgan fingerprint density at radius 3 is 2.44 bits per heavy atom. The highest BCUT2D eigenvalue weighted by Gasteiger charge is 2.12. The minimum absolute atomic E-state index is 0.156. The van der Waals surface area contributed by atoms with Crippen molar-refractivity contribution in [3.8, 4) is 0 Å². The first-order chi connectivity index (χ1) is 8.61. The van der Waals surface area contributed by atoms with Gasteiger partial charge in [-0.05, 0) is 23.8 Å². The van der Waals surface area contributed by atoms with E-state index < -0.39 is 17.5 Å². The second-order valence-electron chi connectivity index (χ2n) is 3.61. The van der Waals surface area contributed by atoms with Crippen molar-refractivity contribution < 1.29 is 13.2 Å². The number of hydrogen-bond acceptors (Lipinski definition) is 2. The highest BCUT2D eigenvalue weighted by Crippen LogP contribution is 2.34. The summed E-state index contributed by atoms with van der Waals surface area (Å²) in [6.07, 6.45) is 0. The quantitative estimate of drug-likeness (QED) is 0.919. The summed E-state index contributed by atoms with van der Waals surface area (Å²) in [4.78, 5) is 0.432. The average molecular weight is 269 g/mol. The molecule has 0 heterocycles. The second kappa shape index (κ2) is 5.46. The zero-order chi connectivity index (χ0) is 13.1. The van der Waals surface area contributed by atoms with E-state index in [1.54, 1.807) is 12.1 Å². The molecule has 0 spiro atoms. The summed E-state index contributed by atoms with van der Waals surface area (Å²) < 4.78 is 39.9. The molecule has 0 bridgehead atoms. The molecule has 2 rings (SSSR count). The Bertz CT molecular complexity index is 572. The molecule has 94 valence electrons. The van der Waals surface area contributed by atoms with Gasteiger partial charge in [0, 0.05) is 17.5 Å². The number of nitrogens with two attached hydrogens (primary N) is 1. The fourth-order valence-electron chi connectivity index (χ4n) is 1.50. The van der Waals surface area contributed by atoms with Gasteiger partial charge < -0.3 is 5.73 Å². The van der Waals surface area contributed by atoms with Crippen LogP contribution in [0.2, 0.25) is 0 Å². The lowest BCUT2D eigenvalue weighted by molar-refractivity contribution is 0.565. The minimum Gasteiger partial charge on any atom is -0.326 e. The van der Waals surface area contributed by atoms with Gasteiger partial charge in [-0.1, -0.05) is 23.9 Å². The van der Waals surface area contributed by atoms with Gasteiger partial charge in [-0.3, -0.25) is 0 Å². The predicted molar refractivity (Wildman–Crippen MR) is 64.8 cm³/mol. The maximum atomic E-state index is 13.7. The molecule has 0 aromatic heterocycles. The summed E-state index contributed by atoms with van der Waals surface area (Å²) in [5.74, 6) is -1.85. The van der Waals surface area contributed by atoms with Crippen molar-refractivity contribution in [3.05, 3.63) is 59.4 Å². The number of hydrogen-bond donors (Lipinski definition) is 1. The number of rotatable bonds is 3. The monoisotopic (exact) mass is 269 g/mol. The Hall–Kier alpha value is -1.46. The normalized spacial score (nSPS) is 10.7. The fraction of sp³-hybridized carbons (Fsp3) is 0.0769. The number of benzene rings is 2. The molecule has 0 saturated carbocycles. The maximum absolute atomic E-state index is 13.7.